The summed E-state index contributed by atoms with van der Waals surface area (Å²) in [6.07, 6.45) is 2.23. The first-order valence-electron chi connectivity index (χ1n) is 12.8. The second-order valence-electron chi connectivity index (χ2n) is 10.7. The first-order valence-corrected chi connectivity index (χ1v) is 13.6. The topological polar surface area (TPSA) is 143 Å². The van der Waals surface area contributed by atoms with Crippen LogP contribution in [0.3, 0.4) is 0 Å². The van der Waals surface area contributed by atoms with Crippen molar-refractivity contribution in [1.29, 1.82) is 0 Å². The molecule has 2 amide bonds. The molecule has 9 nitrogen and oxygen atoms in total. The maximum Gasteiger partial charge on any atom is 0.433 e. The molecular formula is C27H31F3N6O3S. The summed E-state index contributed by atoms with van der Waals surface area (Å²) in [5, 5.41) is 15.8. The lowest BCUT2D eigenvalue weighted by Gasteiger charge is -2.40. The number of thiazole rings is 1. The molecule has 0 unspecified atom stereocenters. The van der Waals surface area contributed by atoms with Crippen molar-refractivity contribution in [3.63, 3.8) is 0 Å². The van der Waals surface area contributed by atoms with Crippen LogP contribution in [0.1, 0.15) is 55.8 Å². The maximum absolute atomic E-state index is 13.1. The van der Waals surface area contributed by atoms with E-state index in [1.165, 1.54) is 11.3 Å². The first kappa shape index (κ1) is 29.2. The number of halogens is 3. The Labute approximate surface area is 233 Å². The fourth-order valence-corrected chi connectivity index (χ4v) is 6.20. The van der Waals surface area contributed by atoms with Crippen molar-refractivity contribution < 1.29 is 27.9 Å². The lowest BCUT2D eigenvalue weighted by atomic mass is 9.64. The van der Waals surface area contributed by atoms with Gasteiger partial charge in [-0.25, -0.2) is 19.7 Å². The Kier molecular flexibility index (Phi) is 8.62. The van der Waals surface area contributed by atoms with Crippen LogP contribution in [-0.2, 0) is 23.9 Å². The molecule has 0 bridgehead atoms. The predicted octanol–water partition coefficient (Wildman–Crippen LogP) is 5.99. The van der Waals surface area contributed by atoms with Gasteiger partial charge in [-0.2, -0.15) is 13.2 Å². The van der Waals surface area contributed by atoms with Crippen LogP contribution < -0.4 is 16.4 Å². The predicted molar refractivity (Wildman–Crippen MR) is 145 cm³/mol. The van der Waals surface area contributed by atoms with Crippen molar-refractivity contribution in [1.82, 2.24) is 20.3 Å². The van der Waals surface area contributed by atoms with Gasteiger partial charge in [0.05, 0.1) is 15.8 Å². The number of carbonyl (C=O) groups is 2. The van der Waals surface area contributed by atoms with Gasteiger partial charge in [0.1, 0.15) is 5.69 Å². The van der Waals surface area contributed by atoms with E-state index in [1.54, 1.807) is 18.3 Å². The minimum atomic E-state index is -4.61. The van der Waals surface area contributed by atoms with Crippen LogP contribution in [-0.4, -0.2) is 32.1 Å². The van der Waals surface area contributed by atoms with Gasteiger partial charge in [-0.05, 0) is 78.8 Å². The molecule has 2 aromatic heterocycles. The molecule has 1 aromatic carbocycles. The number of alkyl halides is 3. The number of primary amides is 1. The highest BCUT2D eigenvalue weighted by atomic mass is 32.1. The average Bonchev–Trinajstić information content (AvgIpc) is 3.34. The molecule has 4 rings (SSSR count). The number of nitrogens with zero attached hydrogens (tertiary/aromatic N) is 3. The third-order valence-corrected chi connectivity index (χ3v) is 8.29. The highest BCUT2D eigenvalue weighted by molar-refractivity contribution is 7.15. The molecule has 0 saturated heterocycles. The number of nitrogens with two attached hydrogens (primary N) is 1. The van der Waals surface area contributed by atoms with Crippen LogP contribution in [0, 0.1) is 17.3 Å². The number of hydrogen-bond acceptors (Lipinski definition) is 7. The molecule has 1 aliphatic rings. The molecule has 0 radical (unpaired) electrons. The van der Waals surface area contributed by atoms with Crippen LogP contribution in [0.15, 0.2) is 36.7 Å². The standard InChI is InChI=1S/C27H31F3N6O3S/c1-26(2)12-15(3-5-19(26)23(37)38)4-6-22-33-14-20(40-22)17-9-16(13-34-24(31)39)10-18(11-17)35-25-32-8-7-21(36-25)27(28,29)30/h7-11,14-15,19H,3-6,12-13H2,1-2H3,(H,37,38)(H3,31,34,39)(H,32,35,36)/t15-,19+/m0/s1. The fourth-order valence-electron chi connectivity index (χ4n) is 5.28. The molecule has 2 atom stereocenters. The Morgan fingerprint density at radius 3 is 2.65 bits per heavy atom. The van der Waals surface area contributed by atoms with Crippen molar-refractivity contribution in [2.75, 3.05) is 5.32 Å². The van der Waals surface area contributed by atoms with E-state index in [2.05, 4.69) is 25.6 Å². The average molecular weight is 577 g/mol. The summed E-state index contributed by atoms with van der Waals surface area (Å²) < 4.78 is 39.3. The highest BCUT2D eigenvalue weighted by Gasteiger charge is 2.40. The van der Waals surface area contributed by atoms with Gasteiger partial charge in [-0.15, -0.1) is 11.3 Å². The lowest BCUT2D eigenvalue weighted by molar-refractivity contribution is -0.148. The molecule has 1 saturated carbocycles. The molecule has 0 spiro atoms. The second-order valence-corrected chi connectivity index (χ2v) is 11.8. The Morgan fingerprint density at radius 2 is 1.98 bits per heavy atom. The van der Waals surface area contributed by atoms with Gasteiger partial charge in [0.2, 0.25) is 5.95 Å². The molecule has 214 valence electrons. The van der Waals surface area contributed by atoms with Crippen molar-refractivity contribution >= 4 is 35.0 Å². The zero-order valence-electron chi connectivity index (χ0n) is 22.1. The molecule has 1 fully saturated rings. The van der Waals surface area contributed by atoms with Crippen molar-refractivity contribution in [2.24, 2.45) is 23.0 Å². The van der Waals surface area contributed by atoms with Crippen molar-refractivity contribution in [3.05, 3.63) is 52.9 Å². The Bertz CT molecular complexity index is 1380. The molecule has 13 heteroatoms. The van der Waals surface area contributed by atoms with Gasteiger partial charge in [-0.1, -0.05) is 13.8 Å². The van der Waals surface area contributed by atoms with E-state index in [1.807, 2.05) is 19.9 Å². The van der Waals surface area contributed by atoms with E-state index >= 15 is 0 Å². The van der Waals surface area contributed by atoms with E-state index in [-0.39, 0.29) is 23.8 Å². The summed E-state index contributed by atoms with van der Waals surface area (Å²) in [6.45, 7) is 4.16. The minimum absolute atomic E-state index is 0.113. The Balaban J connectivity index is 1.50. The van der Waals surface area contributed by atoms with Gasteiger partial charge >= 0.3 is 18.2 Å². The molecule has 5 N–H and O–H groups in total. The van der Waals surface area contributed by atoms with Crippen LogP contribution >= 0.6 is 11.3 Å². The Morgan fingerprint density at radius 1 is 1.20 bits per heavy atom. The molecule has 40 heavy (non-hydrogen) atoms. The van der Waals surface area contributed by atoms with Gasteiger partial charge in [0.15, 0.2) is 0 Å². The van der Waals surface area contributed by atoms with E-state index in [0.717, 1.165) is 53.4 Å². The van der Waals surface area contributed by atoms with Gasteiger partial charge in [-0.3, -0.25) is 4.79 Å². The minimum Gasteiger partial charge on any atom is -0.481 e. The number of carboxylic acids is 1. The maximum atomic E-state index is 13.1. The van der Waals surface area contributed by atoms with E-state index in [4.69, 9.17) is 5.73 Å². The monoisotopic (exact) mass is 576 g/mol. The molecule has 2 heterocycles. The Hall–Kier alpha value is -3.74. The summed E-state index contributed by atoms with van der Waals surface area (Å²) in [7, 11) is 0. The SMILES string of the molecule is CC1(C)C[C@H](CCc2ncc(-c3cc(CNC(N)=O)cc(Nc4nccc(C(F)(F)F)n4)c3)s2)CC[C@@H]1C(=O)O. The number of hydrogen-bond donors (Lipinski definition) is 4. The lowest BCUT2D eigenvalue weighted by Crippen LogP contribution is -2.37. The van der Waals surface area contributed by atoms with E-state index in [9.17, 15) is 27.9 Å². The van der Waals surface area contributed by atoms with Crippen LogP contribution in [0.4, 0.5) is 29.6 Å². The summed E-state index contributed by atoms with van der Waals surface area (Å²) in [4.78, 5) is 35.7. The van der Waals surface area contributed by atoms with Crippen LogP contribution in [0.5, 0.6) is 0 Å². The quantitative estimate of drug-likeness (QED) is 0.245. The highest BCUT2D eigenvalue weighted by Crippen LogP contribution is 2.45. The van der Waals surface area contributed by atoms with Gasteiger partial charge in [0, 0.05) is 24.6 Å². The van der Waals surface area contributed by atoms with Crippen LogP contribution in [0.25, 0.3) is 10.4 Å². The fraction of sp³-hybridized carbons (Fsp3) is 0.444. The van der Waals surface area contributed by atoms with Crippen molar-refractivity contribution in [2.45, 2.75) is 58.7 Å². The third kappa shape index (κ3) is 7.46. The summed E-state index contributed by atoms with van der Waals surface area (Å²) in [5.74, 6) is -0.846. The zero-order valence-corrected chi connectivity index (χ0v) is 22.9. The van der Waals surface area contributed by atoms with Gasteiger partial charge < -0.3 is 21.5 Å². The smallest absolute Gasteiger partial charge is 0.433 e. The number of aliphatic carboxylic acids is 1. The number of amides is 2. The van der Waals surface area contributed by atoms with Gasteiger partial charge in [0.25, 0.3) is 0 Å². The number of urea groups is 1. The molecule has 0 aliphatic heterocycles. The number of aryl methyl sites for hydroxylation is 1. The summed E-state index contributed by atoms with van der Waals surface area (Å²) in [5.41, 5.74) is 5.75. The number of carbonyl (C=O) groups excluding carboxylic acids is 1. The van der Waals surface area contributed by atoms with E-state index < -0.39 is 23.9 Å². The number of carboxylic acid groups (broad SMARTS) is 1. The number of nitrogens with one attached hydrogen (secondary N) is 2. The summed E-state index contributed by atoms with van der Waals surface area (Å²) in [6, 6.07) is 5.36. The normalized spacial score (nSPS) is 18.7. The number of benzene rings is 1. The second kappa shape index (κ2) is 11.8. The molecule has 3 aromatic rings. The zero-order chi connectivity index (χ0) is 29.1. The third-order valence-electron chi connectivity index (χ3n) is 7.19. The van der Waals surface area contributed by atoms with Crippen LogP contribution in [0.2, 0.25) is 0 Å². The summed E-state index contributed by atoms with van der Waals surface area (Å²) >= 11 is 1.51. The molecule has 1 aliphatic carbocycles. The molecular weight excluding hydrogens is 545 g/mol. The number of aromatic nitrogens is 3. The number of rotatable bonds is 9. The number of anilines is 2. The first-order chi connectivity index (χ1) is 18.8. The largest absolute Gasteiger partial charge is 0.481 e. The van der Waals surface area contributed by atoms with Crippen molar-refractivity contribution in [3.8, 4) is 10.4 Å². The van der Waals surface area contributed by atoms with E-state index in [0.29, 0.717) is 23.6 Å².